The van der Waals surface area contributed by atoms with Crippen molar-refractivity contribution in [1.82, 2.24) is 10.3 Å². The molecule has 1 aliphatic heterocycles. The van der Waals surface area contributed by atoms with Crippen LogP contribution in [0.4, 0.5) is 5.13 Å². The zero-order valence-electron chi connectivity index (χ0n) is 13.9. The second-order valence-electron chi connectivity index (χ2n) is 6.80. The van der Waals surface area contributed by atoms with Crippen molar-refractivity contribution in [3.8, 4) is 0 Å². The zero-order valence-corrected chi connectivity index (χ0v) is 14.7. The van der Waals surface area contributed by atoms with E-state index in [4.69, 9.17) is 9.72 Å². The van der Waals surface area contributed by atoms with E-state index in [-0.39, 0.29) is 5.54 Å². The van der Waals surface area contributed by atoms with Gasteiger partial charge in [0, 0.05) is 37.2 Å². The molecule has 4 nitrogen and oxygen atoms in total. The van der Waals surface area contributed by atoms with Crippen LogP contribution in [0.3, 0.4) is 0 Å². The maximum absolute atomic E-state index is 5.32. The van der Waals surface area contributed by atoms with E-state index < -0.39 is 0 Å². The van der Waals surface area contributed by atoms with E-state index in [1.54, 1.807) is 7.11 Å². The Hall–Kier alpha value is -0.650. The molecule has 0 aromatic carbocycles. The Kier molecular flexibility index (Phi) is 6.02. The number of rotatable bonds is 5. The Balaban J connectivity index is 2.11. The SMILES string of the molecule is COCc1nc(N2CCCCCC2)sc1CNC(C)(C)C. The van der Waals surface area contributed by atoms with Gasteiger partial charge in [-0.25, -0.2) is 4.98 Å². The number of methoxy groups -OCH3 is 1. The highest BCUT2D eigenvalue weighted by Crippen LogP contribution is 2.29. The van der Waals surface area contributed by atoms with Crippen LogP contribution in [0, 0.1) is 0 Å². The van der Waals surface area contributed by atoms with Gasteiger partial charge in [0.25, 0.3) is 0 Å². The lowest BCUT2D eigenvalue weighted by Crippen LogP contribution is -2.35. The maximum atomic E-state index is 5.32. The first-order valence-corrected chi connectivity index (χ1v) is 8.79. The molecule has 1 N–H and O–H groups in total. The molecule has 21 heavy (non-hydrogen) atoms. The number of ether oxygens (including phenoxy) is 1. The lowest BCUT2D eigenvalue weighted by atomic mass is 10.1. The zero-order chi connectivity index (χ0) is 15.3. The normalized spacial score (nSPS) is 17.0. The predicted octanol–water partition coefficient (Wildman–Crippen LogP) is 3.56. The van der Waals surface area contributed by atoms with Gasteiger partial charge in [-0.15, -0.1) is 11.3 Å². The summed E-state index contributed by atoms with van der Waals surface area (Å²) in [5.41, 5.74) is 1.22. The fraction of sp³-hybridized carbons (Fsp3) is 0.812. The monoisotopic (exact) mass is 311 g/mol. The standard InChI is InChI=1S/C16H29N3OS/c1-16(2,3)17-11-14-13(12-20-4)18-15(21-14)19-9-7-5-6-8-10-19/h17H,5-12H2,1-4H3. The van der Waals surface area contributed by atoms with Gasteiger partial charge in [0.1, 0.15) is 0 Å². The second kappa shape index (κ2) is 7.56. The van der Waals surface area contributed by atoms with Crippen LogP contribution in [0.1, 0.15) is 57.0 Å². The van der Waals surface area contributed by atoms with E-state index in [0.29, 0.717) is 6.61 Å². The summed E-state index contributed by atoms with van der Waals surface area (Å²) in [6.07, 6.45) is 5.28. The summed E-state index contributed by atoms with van der Waals surface area (Å²) in [5.74, 6) is 0. The average molecular weight is 311 g/mol. The molecule has 120 valence electrons. The van der Waals surface area contributed by atoms with Crippen molar-refractivity contribution in [2.45, 2.75) is 65.1 Å². The van der Waals surface area contributed by atoms with Gasteiger partial charge in [0.15, 0.2) is 5.13 Å². The highest BCUT2D eigenvalue weighted by Gasteiger charge is 2.19. The summed E-state index contributed by atoms with van der Waals surface area (Å²) in [6.45, 7) is 10.3. The van der Waals surface area contributed by atoms with Gasteiger partial charge in [0.2, 0.25) is 0 Å². The van der Waals surface area contributed by atoms with Crippen LogP contribution in [0.2, 0.25) is 0 Å². The minimum Gasteiger partial charge on any atom is -0.378 e. The largest absolute Gasteiger partial charge is 0.378 e. The first kappa shape index (κ1) is 16.7. The number of aromatic nitrogens is 1. The molecule has 1 fully saturated rings. The van der Waals surface area contributed by atoms with E-state index in [9.17, 15) is 0 Å². The molecular weight excluding hydrogens is 282 g/mol. The number of thiazole rings is 1. The summed E-state index contributed by atoms with van der Waals surface area (Å²) >= 11 is 1.83. The Bertz CT molecular complexity index is 431. The molecule has 0 saturated carbocycles. The molecule has 0 unspecified atom stereocenters. The first-order valence-electron chi connectivity index (χ1n) is 7.97. The van der Waals surface area contributed by atoms with Gasteiger partial charge in [-0.2, -0.15) is 0 Å². The lowest BCUT2D eigenvalue weighted by molar-refractivity contribution is 0.181. The molecule has 0 aliphatic carbocycles. The van der Waals surface area contributed by atoms with Crippen molar-refractivity contribution in [3.05, 3.63) is 10.6 Å². The van der Waals surface area contributed by atoms with E-state index in [2.05, 4.69) is 31.0 Å². The first-order chi connectivity index (χ1) is 9.99. The average Bonchev–Trinajstić information content (AvgIpc) is 2.63. The minimum atomic E-state index is 0.122. The summed E-state index contributed by atoms with van der Waals surface area (Å²) in [6, 6.07) is 0. The Labute approximate surface area is 132 Å². The summed E-state index contributed by atoms with van der Waals surface area (Å²) in [5, 5.41) is 4.74. The van der Waals surface area contributed by atoms with E-state index in [1.165, 1.54) is 35.7 Å². The van der Waals surface area contributed by atoms with Crippen LogP contribution in [-0.2, 0) is 17.9 Å². The molecule has 1 aromatic heterocycles. The van der Waals surface area contributed by atoms with Crippen molar-refractivity contribution in [2.75, 3.05) is 25.1 Å². The molecule has 0 amide bonds. The molecule has 1 saturated heterocycles. The molecule has 0 bridgehead atoms. The Morgan fingerprint density at radius 2 is 1.86 bits per heavy atom. The summed E-state index contributed by atoms with van der Waals surface area (Å²) < 4.78 is 5.32. The van der Waals surface area contributed by atoms with Gasteiger partial charge in [-0.05, 0) is 33.6 Å². The maximum Gasteiger partial charge on any atom is 0.185 e. The number of hydrogen-bond acceptors (Lipinski definition) is 5. The van der Waals surface area contributed by atoms with Crippen LogP contribution >= 0.6 is 11.3 Å². The smallest absolute Gasteiger partial charge is 0.185 e. The molecular formula is C16H29N3OS. The lowest BCUT2D eigenvalue weighted by Gasteiger charge is -2.20. The molecule has 1 aromatic rings. The minimum absolute atomic E-state index is 0.122. The number of nitrogens with one attached hydrogen (secondary N) is 1. The van der Waals surface area contributed by atoms with Gasteiger partial charge in [-0.3, -0.25) is 0 Å². The van der Waals surface area contributed by atoms with E-state index in [1.807, 2.05) is 11.3 Å². The van der Waals surface area contributed by atoms with E-state index in [0.717, 1.165) is 25.3 Å². The molecule has 0 radical (unpaired) electrons. The molecule has 2 rings (SSSR count). The van der Waals surface area contributed by atoms with Crippen molar-refractivity contribution >= 4 is 16.5 Å². The van der Waals surface area contributed by atoms with Crippen molar-refractivity contribution < 1.29 is 4.74 Å². The predicted molar refractivity (Wildman–Crippen MR) is 90.1 cm³/mol. The molecule has 2 heterocycles. The van der Waals surface area contributed by atoms with E-state index >= 15 is 0 Å². The third-order valence-electron chi connectivity index (χ3n) is 3.70. The molecule has 0 atom stereocenters. The highest BCUT2D eigenvalue weighted by atomic mass is 32.1. The van der Waals surface area contributed by atoms with Gasteiger partial charge >= 0.3 is 0 Å². The quantitative estimate of drug-likeness (QED) is 0.902. The van der Waals surface area contributed by atoms with Crippen LogP contribution in [0.25, 0.3) is 0 Å². The Morgan fingerprint density at radius 1 is 1.19 bits per heavy atom. The number of hydrogen-bond donors (Lipinski definition) is 1. The van der Waals surface area contributed by atoms with Crippen LogP contribution in [0.15, 0.2) is 0 Å². The van der Waals surface area contributed by atoms with Crippen molar-refractivity contribution in [1.29, 1.82) is 0 Å². The van der Waals surface area contributed by atoms with Crippen molar-refractivity contribution in [2.24, 2.45) is 0 Å². The number of anilines is 1. The van der Waals surface area contributed by atoms with Crippen molar-refractivity contribution in [3.63, 3.8) is 0 Å². The summed E-state index contributed by atoms with van der Waals surface area (Å²) in [4.78, 5) is 8.61. The highest BCUT2D eigenvalue weighted by molar-refractivity contribution is 7.15. The third-order valence-corrected chi connectivity index (χ3v) is 4.86. The summed E-state index contributed by atoms with van der Waals surface area (Å²) in [7, 11) is 1.74. The number of nitrogens with zero attached hydrogens (tertiary/aromatic N) is 2. The van der Waals surface area contributed by atoms with Gasteiger partial charge < -0.3 is 15.0 Å². The second-order valence-corrected chi connectivity index (χ2v) is 7.87. The van der Waals surface area contributed by atoms with Crippen LogP contribution in [0.5, 0.6) is 0 Å². The fourth-order valence-corrected chi connectivity index (χ4v) is 3.55. The van der Waals surface area contributed by atoms with Gasteiger partial charge in [0.05, 0.1) is 12.3 Å². The van der Waals surface area contributed by atoms with Crippen LogP contribution in [-0.4, -0.2) is 30.7 Å². The third kappa shape index (κ3) is 5.24. The van der Waals surface area contributed by atoms with Crippen LogP contribution < -0.4 is 10.2 Å². The fourth-order valence-electron chi connectivity index (χ4n) is 2.50. The molecule has 5 heteroatoms. The topological polar surface area (TPSA) is 37.4 Å². The molecule has 0 spiro atoms. The Morgan fingerprint density at radius 3 is 2.43 bits per heavy atom. The molecule has 1 aliphatic rings. The van der Waals surface area contributed by atoms with Gasteiger partial charge in [-0.1, -0.05) is 12.8 Å².